The van der Waals surface area contributed by atoms with Gasteiger partial charge in [0.25, 0.3) is 0 Å². The summed E-state index contributed by atoms with van der Waals surface area (Å²) in [5.41, 5.74) is 5.78. The van der Waals surface area contributed by atoms with E-state index in [1.54, 1.807) is 6.20 Å². The average Bonchev–Trinajstić information content (AvgIpc) is 3.17. The van der Waals surface area contributed by atoms with Gasteiger partial charge in [-0.3, -0.25) is 0 Å². The van der Waals surface area contributed by atoms with Crippen LogP contribution in [0.4, 0.5) is 0 Å². The molecule has 3 aromatic rings. The molecule has 0 spiro atoms. The van der Waals surface area contributed by atoms with Gasteiger partial charge in [0.2, 0.25) is 0 Å². The topological polar surface area (TPSA) is 53.6 Å². The average molecular weight is 410 g/mol. The van der Waals surface area contributed by atoms with Crippen LogP contribution >= 0.6 is 35.6 Å². The molecule has 2 unspecified atom stereocenters. The molecule has 4 rings (SSSR count). The van der Waals surface area contributed by atoms with Crippen molar-refractivity contribution < 1.29 is 0 Å². The van der Waals surface area contributed by atoms with Crippen molar-refractivity contribution in [1.82, 2.24) is 20.7 Å². The summed E-state index contributed by atoms with van der Waals surface area (Å²) in [5.74, 6) is 0.320. The van der Waals surface area contributed by atoms with Crippen LogP contribution < -0.4 is 5.32 Å². The van der Waals surface area contributed by atoms with Crippen LogP contribution in [0.1, 0.15) is 41.5 Å². The number of fused-ring (bicyclic) bond motifs is 1. The van der Waals surface area contributed by atoms with Crippen LogP contribution in [0.2, 0.25) is 10.0 Å². The number of nitrogens with zero attached hydrogens (tertiary/aromatic N) is 2. The summed E-state index contributed by atoms with van der Waals surface area (Å²) in [4.78, 5) is 0. The van der Waals surface area contributed by atoms with Crippen molar-refractivity contribution in [2.24, 2.45) is 0 Å². The van der Waals surface area contributed by atoms with Gasteiger partial charge in [0, 0.05) is 17.5 Å². The first kappa shape index (κ1) is 19.2. The molecule has 0 fully saturated rings. The summed E-state index contributed by atoms with van der Waals surface area (Å²) in [6, 6.07) is 12.8. The fourth-order valence-corrected chi connectivity index (χ4v) is 4.02. The van der Waals surface area contributed by atoms with Crippen LogP contribution in [0.3, 0.4) is 0 Å². The lowest BCUT2D eigenvalue weighted by Crippen LogP contribution is -2.24. The number of nitrogens with one attached hydrogen (secondary N) is 2. The zero-order valence-electron chi connectivity index (χ0n) is 14.2. The third-order valence-electron chi connectivity index (χ3n) is 4.99. The Morgan fingerprint density at radius 1 is 1.04 bits per heavy atom. The first-order valence-electron chi connectivity index (χ1n) is 8.29. The van der Waals surface area contributed by atoms with E-state index in [1.165, 1.54) is 16.7 Å². The summed E-state index contributed by atoms with van der Waals surface area (Å²) >= 11 is 12.3. The second kappa shape index (κ2) is 7.97. The van der Waals surface area contributed by atoms with Gasteiger partial charge in [-0.05, 0) is 54.8 Å². The molecule has 0 radical (unpaired) electrons. The van der Waals surface area contributed by atoms with Crippen LogP contribution in [0.25, 0.3) is 11.3 Å². The van der Waals surface area contributed by atoms with Crippen molar-refractivity contribution >= 4 is 35.6 Å². The maximum atomic E-state index is 6.25. The molecule has 0 saturated heterocycles. The van der Waals surface area contributed by atoms with Crippen molar-refractivity contribution in [2.75, 3.05) is 7.05 Å². The molecule has 1 aliphatic rings. The molecule has 1 heterocycles. The standard InChI is InChI=1S/C19H18Cl2N4.ClH/c1-22-18-7-5-13(11-3-6-16(20)17(21)9-11)14-4-2-12(8-15(14)18)19-10-23-25-24-19;/h2-4,6,8-10,13,18,22H,5,7H2,1H3,(H,23,24,25);1H. The molecular formula is C19H19Cl3N4. The van der Waals surface area contributed by atoms with Crippen molar-refractivity contribution in [1.29, 1.82) is 0 Å². The SMILES string of the molecule is CNC1CCC(c2ccc(Cl)c(Cl)c2)c2ccc(-c3cn[nH]n3)cc21.Cl. The highest BCUT2D eigenvalue weighted by molar-refractivity contribution is 6.42. The molecule has 0 amide bonds. The maximum absolute atomic E-state index is 6.25. The van der Waals surface area contributed by atoms with E-state index in [1.807, 2.05) is 19.2 Å². The molecule has 136 valence electrons. The quantitative estimate of drug-likeness (QED) is 0.610. The van der Waals surface area contributed by atoms with Crippen LogP contribution in [0, 0.1) is 0 Å². The Bertz CT molecular complexity index is 896. The largest absolute Gasteiger partial charge is 0.313 e. The van der Waals surface area contributed by atoms with Crippen LogP contribution in [-0.2, 0) is 0 Å². The Labute approximate surface area is 168 Å². The molecule has 7 heteroatoms. The van der Waals surface area contributed by atoms with E-state index in [2.05, 4.69) is 45.0 Å². The molecular weight excluding hydrogens is 391 g/mol. The maximum Gasteiger partial charge on any atom is 0.112 e. The number of H-pyrrole nitrogens is 1. The number of benzene rings is 2. The second-order valence-corrected chi connectivity index (χ2v) is 7.16. The van der Waals surface area contributed by atoms with Gasteiger partial charge in [-0.15, -0.1) is 12.4 Å². The normalized spacial score (nSPS) is 18.9. The van der Waals surface area contributed by atoms with Gasteiger partial charge in [-0.25, -0.2) is 0 Å². The molecule has 4 nitrogen and oxygen atoms in total. The van der Waals surface area contributed by atoms with Gasteiger partial charge in [-0.1, -0.05) is 41.4 Å². The molecule has 2 atom stereocenters. The Balaban J connectivity index is 0.00000196. The second-order valence-electron chi connectivity index (χ2n) is 6.34. The highest BCUT2D eigenvalue weighted by atomic mass is 35.5. The van der Waals surface area contributed by atoms with Gasteiger partial charge in [0.05, 0.1) is 16.2 Å². The summed E-state index contributed by atoms with van der Waals surface area (Å²) in [7, 11) is 2.01. The van der Waals surface area contributed by atoms with Gasteiger partial charge in [-0.2, -0.15) is 15.4 Å². The zero-order valence-corrected chi connectivity index (χ0v) is 16.5. The molecule has 26 heavy (non-hydrogen) atoms. The van der Waals surface area contributed by atoms with Crippen LogP contribution in [0.5, 0.6) is 0 Å². The monoisotopic (exact) mass is 408 g/mol. The lowest BCUT2D eigenvalue weighted by molar-refractivity contribution is 0.471. The Kier molecular flexibility index (Phi) is 5.88. The number of halogens is 3. The van der Waals surface area contributed by atoms with Crippen molar-refractivity contribution in [3.05, 3.63) is 69.3 Å². The van der Waals surface area contributed by atoms with Crippen molar-refractivity contribution in [2.45, 2.75) is 24.8 Å². The van der Waals surface area contributed by atoms with E-state index in [0.717, 1.165) is 24.1 Å². The molecule has 0 aliphatic heterocycles. The molecule has 1 aliphatic carbocycles. The minimum absolute atomic E-state index is 0. The Morgan fingerprint density at radius 2 is 1.88 bits per heavy atom. The van der Waals surface area contributed by atoms with Crippen LogP contribution in [0.15, 0.2) is 42.6 Å². The number of aromatic amines is 1. The number of rotatable bonds is 3. The van der Waals surface area contributed by atoms with E-state index < -0.39 is 0 Å². The molecule has 2 N–H and O–H groups in total. The predicted molar refractivity (Wildman–Crippen MR) is 108 cm³/mol. The summed E-state index contributed by atoms with van der Waals surface area (Å²) < 4.78 is 0. The molecule has 0 bridgehead atoms. The third-order valence-corrected chi connectivity index (χ3v) is 5.73. The number of hydrogen-bond donors (Lipinski definition) is 2. The van der Waals surface area contributed by atoms with E-state index in [9.17, 15) is 0 Å². The lowest BCUT2D eigenvalue weighted by atomic mass is 9.76. The fraction of sp³-hybridized carbons (Fsp3) is 0.263. The van der Waals surface area contributed by atoms with Crippen molar-refractivity contribution in [3.63, 3.8) is 0 Å². The highest BCUT2D eigenvalue weighted by Crippen LogP contribution is 2.43. The highest BCUT2D eigenvalue weighted by Gasteiger charge is 2.28. The summed E-state index contributed by atoms with van der Waals surface area (Å²) in [6.45, 7) is 0. The van der Waals surface area contributed by atoms with Gasteiger partial charge in [0.15, 0.2) is 0 Å². The molecule has 0 saturated carbocycles. The predicted octanol–water partition coefficient (Wildman–Crippen LogP) is 5.39. The van der Waals surface area contributed by atoms with E-state index >= 15 is 0 Å². The Morgan fingerprint density at radius 3 is 2.58 bits per heavy atom. The van der Waals surface area contributed by atoms with Crippen LogP contribution in [-0.4, -0.2) is 22.5 Å². The minimum Gasteiger partial charge on any atom is -0.313 e. The van der Waals surface area contributed by atoms with Gasteiger partial charge < -0.3 is 5.32 Å². The minimum atomic E-state index is 0. The summed E-state index contributed by atoms with van der Waals surface area (Å²) in [5, 5.41) is 15.4. The third kappa shape index (κ3) is 3.47. The first-order valence-corrected chi connectivity index (χ1v) is 9.05. The smallest absolute Gasteiger partial charge is 0.112 e. The Hall–Kier alpha value is -1.59. The first-order chi connectivity index (χ1) is 12.2. The molecule has 1 aromatic heterocycles. The fourth-order valence-electron chi connectivity index (χ4n) is 3.71. The van der Waals surface area contributed by atoms with Crippen molar-refractivity contribution in [3.8, 4) is 11.3 Å². The number of hydrogen-bond acceptors (Lipinski definition) is 3. The zero-order chi connectivity index (χ0) is 17.4. The van der Waals surface area contributed by atoms with E-state index in [0.29, 0.717) is 22.0 Å². The van der Waals surface area contributed by atoms with Gasteiger partial charge in [0.1, 0.15) is 5.69 Å². The summed E-state index contributed by atoms with van der Waals surface area (Å²) in [6.07, 6.45) is 3.88. The van der Waals surface area contributed by atoms with Gasteiger partial charge >= 0.3 is 0 Å². The van der Waals surface area contributed by atoms with E-state index in [4.69, 9.17) is 23.2 Å². The van der Waals surface area contributed by atoms with E-state index in [-0.39, 0.29) is 12.4 Å². The number of aromatic nitrogens is 3. The molecule has 2 aromatic carbocycles. The lowest BCUT2D eigenvalue weighted by Gasteiger charge is -2.32.